The van der Waals surface area contributed by atoms with Crippen molar-refractivity contribution < 1.29 is 9.53 Å². The first-order valence-corrected chi connectivity index (χ1v) is 7.48. The van der Waals surface area contributed by atoms with Gasteiger partial charge in [-0.05, 0) is 28.8 Å². The summed E-state index contributed by atoms with van der Waals surface area (Å²) in [6.07, 6.45) is 4.19. The van der Waals surface area contributed by atoms with E-state index >= 15 is 0 Å². The maximum absolute atomic E-state index is 12.5. The number of carbonyl (C=O) groups is 1. The first-order valence-electron chi connectivity index (χ1n) is 7.48. The van der Waals surface area contributed by atoms with E-state index in [1.165, 1.54) is 11.0 Å². The number of benzene rings is 1. The van der Waals surface area contributed by atoms with Crippen molar-refractivity contribution in [1.29, 1.82) is 0 Å². The number of hydrogen-bond acceptors (Lipinski definition) is 5. The molecule has 1 saturated heterocycles. The van der Waals surface area contributed by atoms with Crippen LogP contribution in [0.4, 0.5) is 0 Å². The Morgan fingerprint density at radius 3 is 2.95 bits per heavy atom. The van der Waals surface area contributed by atoms with Crippen LogP contribution >= 0.6 is 0 Å². The van der Waals surface area contributed by atoms with E-state index in [4.69, 9.17) is 4.74 Å². The maximum atomic E-state index is 12.5. The summed E-state index contributed by atoms with van der Waals surface area (Å²) in [6.45, 7) is 1.31. The van der Waals surface area contributed by atoms with Crippen molar-refractivity contribution in [1.82, 2.24) is 25.5 Å². The second-order valence-electron chi connectivity index (χ2n) is 5.38. The molecule has 0 spiro atoms. The van der Waals surface area contributed by atoms with E-state index in [2.05, 4.69) is 20.8 Å². The van der Waals surface area contributed by atoms with E-state index in [1.54, 1.807) is 0 Å². The number of nitrogens with one attached hydrogen (secondary N) is 1. The molecule has 1 amide bonds. The van der Waals surface area contributed by atoms with Gasteiger partial charge in [-0.1, -0.05) is 30.3 Å². The third-order valence-corrected chi connectivity index (χ3v) is 3.79. The van der Waals surface area contributed by atoms with Crippen LogP contribution in [0.25, 0.3) is 0 Å². The highest BCUT2D eigenvalue weighted by molar-refractivity contribution is 5.80. The molecule has 0 aliphatic carbocycles. The van der Waals surface area contributed by atoms with Gasteiger partial charge in [-0.2, -0.15) is 0 Å². The van der Waals surface area contributed by atoms with E-state index in [9.17, 15) is 4.79 Å². The predicted molar refractivity (Wildman–Crippen MR) is 79.0 cm³/mol. The fourth-order valence-electron chi connectivity index (χ4n) is 2.59. The third kappa shape index (κ3) is 3.67. The normalized spacial score (nSPS) is 19.0. The Labute approximate surface area is 128 Å². The van der Waals surface area contributed by atoms with E-state index < -0.39 is 6.04 Å². The highest BCUT2D eigenvalue weighted by atomic mass is 16.5. The highest BCUT2D eigenvalue weighted by Gasteiger charge is 2.24. The van der Waals surface area contributed by atoms with Crippen LogP contribution in [-0.4, -0.2) is 45.4 Å². The summed E-state index contributed by atoms with van der Waals surface area (Å²) in [5.41, 5.74) is 1.07. The minimum atomic E-state index is -0.459. The summed E-state index contributed by atoms with van der Waals surface area (Å²) in [6, 6.07) is 9.38. The van der Waals surface area contributed by atoms with Crippen LogP contribution in [0.3, 0.4) is 0 Å². The Balaban J connectivity index is 1.66. The van der Waals surface area contributed by atoms with Crippen LogP contribution in [0.1, 0.15) is 24.4 Å². The summed E-state index contributed by atoms with van der Waals surface area (Å²) in [5, 5.41) is 14.1. The number of rotatable bonds is 6. The van der Waals surface area contributed by atoms with Gasteiger partial charge in [-0.15, -0.1) is 5.10 Å². The number of amides is 1. The molecular weight excluding hydrogens is 282 g/mol. The van der Waals surface area contributed by atoms with Crippen molar-refractivity contribution in [2.24, 2.45) is 0 Å². The van der Waals surface area contributed by atoms with Gasteiger partial charge >= 0.3 is 0 Å². The lowest BCUT2D eigenvalue weighted by Crippen LogP contribution is -2.38. The molecule has 1 aromatic heterocycles. The molecule has 2 aromatic rings. The van der Waals surface area contributed by atoms with Gasteiger partial charge in [0, 0.05) is 19.6 Å². The fourth-order valence-corrected chi connectivity index (χ4v) is 2.59. The molecule has 0 unspecified atom stereocenters. The molecular formula is C15H19N5O2. The van der Waals surface area contributed by atoms with Crippen molar-refractivity contribution in [3.05, 3.63) is 42.2 Å². The zero-order valence-corrected chi connectivity index (χ0v) is 12.3. The Kier molecular flexibility index (Phi) is 4.75. The Hall–Kier alpha value is -2.28. The lowest BCUT2D eigenvalue weighted by Gasteiger charge is -2.18. The quantitative estimate of drug-likeness (QED) is 0.851. The average Bonchev–Trinajstić information content (AvgIpc) is 3.24. The predicted octanol–water partition coefficient (Wildman–Crippen LogP) is 0.752. The monoisotopic (exact) mass is 301 g/mol. The van der Waals surface area contributed by atoms with E-state index in [0.717, 1.165) is 25.0 Å². The van der Waals surface area contributed by atoms with Crippen molar-refractivity contribution in [3.63, 3.8) is 0 Å². The lowest BCUT2D eigenvalue weighted by atomic mass is 10.1. The number of aromatic nitrogens is 4. The Morgan fingerprint density at radius 2 is 2.27 bits per heavy atom. The number of nitrogens with zero attached hydrogens (tertiary/aromatic N) is 4. The molecule has 7 nitrogen and oxygen atoms in total. The van der Waals surface area contributed by atoms with Gasteiger partial charge in [0.2, 0.25) is 5.91 Å². The summed E-state index contributed by atoms with van der Waals surface area (Å²) >= 11 is 0. The minimum absolute atomic E-state index is 0.0911. The zero-order chi connectivity index (χ0) is 15.2. The molecule has 0 radical (unpaired) electrons. The molecule has 0 saturated carbocycles. The number of ether oxygens (including phenoxy) is 1. The standard InChI is InChI=1S/C15H19N5O2/c21-15(16-10-13-7-4-8-22-13)14(20-11-17-18-19-20)9-12-5-2-1-3-6-12/h1-3,5-6,11,13-14H,4,7-10H2,(H,16,21)/t13-,14+/m1/s1. The minimum Gasteiger partial charge on any atom is -0.376 e. The number of carbonyl (C=O) groups excluding carboxylic acids is 1. The molecule has 2 atom stereocenters. The smallest absolute Gasteiger partial charge is 0.245 e. The molecule has 116 valence electrons. The molecule has 22 heavy (non-hydrogen) atoms. The zero-order valence-electron chi connectivity index (χ0n) is 12.3. The fraction of sp³-hybridized carbons (Fsp3) is 0.467. The second kappa shape index (κ2) is 7.13. The van der Waals surface area contributed by atoms with E-state index in [1.807, 2.05) is 30.3 Å². The van der Waals surface area contributed by atoms with Gasteiger partial charge in [0.1, 0.15) is 12.4 Å². The van der Waals surface area contributed by atoms with Crippen LogP contribution in [0.2, 0.25) is 0 Å². The molecule has 7 heteroatoms. The molecule has 1 aliphatic heterocycles. The largest absolute Gasteiger partial charge is 0.376 e. The number of tetrazole rings is 1. The van der Waals surface area contributed by atoms with Crippen molar-refractivity contribution in [2.45, 2.75) is 31.4 Å². The first-order chi connectivity index (χ1) is 10.8. The van der Waals surface area contributed by atoms with E-state index in [0.29, 0.717) is 13.0 Å². The molecule has 1 N–H and O–H groups in total. The molecule has 1 aliphatic rings. The topological polar surface area (TPSA) is 81.9 Å². The second-order valence-corrected chi connectivity index (χ2v) is 5.38. The van der Waals surface area contributed by atoms with Crippen molar-refractivity contribution >= 4 is 5.91 Å². The van der Waals surface area contributed by atoms with Gasteiger partial charge < -0.3 is 10.1 Å². The van der Waals surface area contributed by atoms with Crippen LogP contribution in [0.15, 0.2) is 36.7 Å². The Morgan fingerprint density at radius 1 is 1.41 bits per heavy atom. The molecule has 1 fully saturated rings. The molecule has 1 aromatic carbocycles. The Bertz CT molecular complexity index is 581. The van der Waals surface area contributed by atoms with Crippen LogP contribution in [0.5, 0.6) is 0 Å². The number of hydrogen-bond donors (Lipinski definition) is 1. The van der Waals surface area contributed by atoms with Crippen molar-refractivity contribution in [2.75, 3.05) is 13.2 Å². The van der Waals surface area contributed by atoms with Gasteiger partial charge in [0.25, 0.3) is 0 Å². The van der Waals surface area contributed by atoms with E-state index in [-0.39, 0.29) is 12.0 Å². The lowest BCUT2D eigenvalue weighted by molar-refractivity contribution is -0.125. The summed E-state index contributed by atoms with van der Waals surface area (Å²) in [5.74, 6) is -0.0911. The van der Waals surface area contributed by atoms with Gasteiger partial charge in [-0.25, -0.2) is 4.68 Å². The molecule has 0 bridgehead atoms. The van der Waals surface area contributed by atoms with Crippen molar-refractivity contribution in [3.8, 4) is 0 Å². The average molecular weight is 301 g/mol. The highest BCUT2D eigenvalue weighted by Crippen LogP contribution is 2.14. The molecule has 2 heterocycles. The van der Waals surface area contributed by atoms with Gasteiger partial charge in [0.05, 0.1) is 6.10 Å². The molecule has 3 rings (SSSR count). The summed E-state index contributed by atoms with van der Waals surface area (Å²) in [7, 11) is 0. The van der Waals surface area contributed by atoms with Crippen LogP contribution in [-0.2, 0) is 16.0 Å². The SMILES string of the molecule is O=C(NC[C@H]1CCCO1)[C@H](Cc1ccccc1)n1cnnn1. The maximum Gasteiger partial charge on any atom is 0.245 e. The third-order valence-electron chi connectivity index (χ3n) is 3.79. The summed E-state index contributed by atoms with van der Waals surface area (Å²) in [4.78, 5) is 12.5. The van der Waals surface area contributed by atoms with Crippen LogP contribution < -0.4 is 5.32 Å². The van der Waals surface area contributed by atoms with Gasteiger partial charge in [0.15, 0.2) is 0 Å². The van der Waals surface area contributed by atoms with Crippen LogP contribution in [0, 0.1) is 0 Å². The summed E-state index contributed by atoms with van der Waals surface area (Å²) < 4.78 is 7.03. The first kappa shape index (κ1) is 14.6. The van der Waals surface area contributed by atoms with Gasteiger partial charge in [-0.3, -0.25) is 4.79 Å².